The minimum atomic E-state index is -0.560. The molecular weight excluding hydrogens is 522 g/mol. The first-order valence-electron chi connectivity index (χ1n) is 12.2. The van der Waals surface area contributed by atoms with Gasteiger partial charge in [-0.15, -0.1) is 0 Å². The van der Waals surface area contributed by atoms with Crippen LogP contribution < -0.4 is 16.1 Å². The van der Waals surface area contributed by atoms with E-state index in [1.54, 1.807) is 4.90 Å². The molecule has 0 saturated carbocycles. The molecule has 1 amide bonds. The van der Waals surface area contributed by atoms with Gasteiger partial charge in [-0.3, -0.25) is 28.8 Å². The molecule has 4 aromatic rings. The summed E-state index contributed by atoms with van der Waals surface area (Å²) in [5.41, 5.74) is 0.512. The summed E-state index contributed by atoms with van der Waals surface area (Å²) in [6, 6.07) is 15.7. The number of thioether (sulfide) groups is 1. The zero-order chi connectivity index (χ0) is 27.7. The summed E-state index contributed by atoms with van der Waals surface area (Å²) in [4.78, 5) is 62.4. The first kappa shape index (κ1) is 26.1. The van der Waals surface area contributed by atoms with Gasteiger partial charge in [0.1, 0.15) is 10.4 Å². The molecule has 3 heterocycles. The molecule has 5 rings (SSSR count). The normalized spacial score (nSPS) is 13.6. The highest BCUT2D eigenvalue weighted by Crippen LogP contribution is 2.27. The van der Waals surface area contributed by atoms with E-state index < -0.39 is 16.2 Å². The number of benzene rings is 2. The van der Waals surface area contributed by atoms with E-state index in [0.29, 0.717) is 31.7 Å². The Morgan fingerprint density at radius 2 is 1.62 bits per heavy atom. The van der Waals surface area contributed by atoms with E-state index >= 15 is 0 Å². The number of hydrogen-bond donors (Lipinski definition) is 0. The van der Waals surface area contributed by atoms with Gasteiger partial charge in [-0.25, -0.2) is 14.8 Å². The number of carbonyl (C=O) groups excluding carboxylic acids is 1. The maximum atomic E-state index is 13.1. The highest BCUT2D eigenvalue weighted by molar-refractivity contribution is 8.00. The molecule has 12 nitrogen and oxygen atoms in total. The van der Waals surface area contributed by atoms with Crippen molar-refractivity contribution in [2.45, 2.75) is 5.03 Å². The van der Waals surface area contributed by atoms with Crippen LogP contribution in [0.2, 0.25) is 0 Å². The van der Waals surface area contributed by atoms with Crippen LogP contribution in [-0.4, -0.2) is 66.8 Å². The molecule has 1 fully saturated rings. The maximum absolute atomic E-state index is 13.1. The van der Waals surface area contributed by atoms with E-state index in [0.717, 1.165) is 22.0 Å². The van der Waals surface area contributed by atoms with Gasteiger partial charge in [0.25, 0.3) is 11.2 Å². The highest BCUT2D eigenvalue weighted by Gasteiger charge is 2.24. The lowest BCUT2D eigenvalue weighted by Crippen LogP contribution is -2.49. The average Bonchev–Trinajstić information content (AvgIpc) is 2.97. The number of aryl methyl sites for hydroxylation is 1. The molecule has 0 aliphatic carbocycles. The Morgan fingerprint density at radius 1 is 0.949 bits per heavy atom. The zero-order valence-corrected chi connectivity index (χ0v) is 22.1. The number of amides is 1. The molecule has 0 unspecified atom stereocenters. The number of aromatic nitrogens is 4. The SMILES string of the molecule is Cn1c(=O)c2c(SCC(=O)N3CCN(c4ccccc4)CC3)nc(-c3ccc([N+](=O)[O-])cc3)nc2n(C)c1=O. The smallest absolute Gasteiger partial charge is 0.332 e. The third-order valence-electron chi connectivity index (χ3n) is 6.69. The van der Waals surface area contributed by atoms with Gasteiger partial charge in [0.15, 0.2) is 11.5 Å². The van der Waals surface area contributed by atoms with Crippen LogP contribution in [0.15, 0.2) is 69.2 Å². The van der Waals surface area contributed by atoms with Crippen molar-refractivity contribution in [2.75, 3.05) is 36.8 Å². The summed E-state index contributed by atoms with van der Waals surface area (Å²) in [6.07, 6.45) is 0. The van der Waals surface area contributed by atoms with Crippen molar-refractivity contribution < 1.29 is 9.72 Å². The zero-order valence-electron chi connectivity index (χ0n) is 21.3. The lowest BCUT2D eigenvalue weighted by atomic mass is 10.2. The average molecular weight is 548 g/mol. The van der Waals surface area contributed by atoms with Crippen molar-refractivity contribution in [3.63, 3.8) is 0 Å². The van der Waals surface area contributed by atoms with E-state index in [1.807, 2.05) is 30.3 Å². The minimum absolute atomic E-state index is 0.0448. The molecule has 0 radical (unpaired) electrons. The number of hydrogen-bond acceptors (Lipinski definition) is 9. The lowest BCUT2D eigenvalue weighted by Gasteiger charge is -2.36. The first-order valence-corrected chi connectivity index (χ1v) is 13.2. The molecule has 0 bridgehead atoms. The summed E-state index contributed by atoms with van der Waals surface area (Å²) < 4.78 is 2.23. The van der Waals surface area contributed by atoms with E-state index in [1.165, 1.54) is 42.9 Å². The van der Waals surface area contributed by atoms with Crippen molar-refractivity contribution in [3.05, 3.63) is 85.5 Å². The van der Waals surface area contributed by atoms with Crippen molar-refractivity contribution in [3.8, 4) is 11.4 Å². The Hall–Kier alpha value is -4.52. The van der Waals surface area contributed by atoms with Crippen molar-refractivity contribution >= 4 is 40.1 Å². The molecule has 0 N–H and O–H groups in total. The van der Waals surface area contributed by atoms with Gasteiger partial charge in [0, 0.05) is 63.7 Å². The number of nitro benzene ring substituents is 1. The van der Waals surface area contributed by atoms with Crippen molar-refractivity contribution in [1.29, 1.82) is 0 Å². The predicted molar refractivity (Wildman–Crippen MR) is 148 cm³/mol. The fraction of sp³-hybridized carbons (Fsp3) is 0.269. The van der Waals surface area contributed by atoms with Crippen LogP contribution in [0.3, 0.4) is 0 Å². The second-order valence-electron chi connectivity index (χ2n) is 9.05. The number of nitro groups is 1. The molecule has 39 heavy (non-hydrogen) atoms. The number of anilines is 1. The topological polar surface area (TPSA) is 136 Å². The Labute approximate surface area is 226 Å². The summed E-state index contributed by atoms with van der Waals surface area (Å²) >= 11 is 1.11. The van der Waals surface area contributed by atoms with Gasteiger partial charge in [-0.05, 0) is 24.3 Å². The summed E-state index contributed by atoms with van der Waals surface area (Å²) in [5, 5.41) is 11.5. The minimum Gasteiger partial charge on any atom is -0.368 e. The highest BCUT2D eigenvalue weighted by atomic mass is 32.2. The number of non-ortho nitro benzene ring substituents is 1. The first-order chi connectivity index (χ1) is 18.7. The van der Waals surface area contributed by atoms with Gasteiger partial charge >= 0.3 is 5.69 Å². The number of nitrogens with zero attached hydrogens (tertiary/aromatic N) is 7. The van der Waals surface area contributed by atoms with E-state index in [4.69, 9.17) is 0 Å². The molecule has 2 aromatic heterocycles. The number of piperazine rings is 1. The molecule has 0 spiro atoms. The Bertz CT molecular complexity index is 1680. The summed E-state index contributed by atoms with van der Waals surface area (Å²) in [6.45, 7) is 2.57. The number of carbonyl (C=O) groups is 1. The third-order valence-corrected chi connectivity index (χ3v) is 7.65. The standard InChI is InChI=1S/C26H25N7O5S/c1-29-23-21(25(35)30(2)26(29)36)24(28-22(27-23)17-8-10-19(11-9-17)33(37)38)39-16-20(34)32-14-12-31(13-15-32)18-6-4-3-5-7-18/h3-11H,12-16H2,1-2H3. The summed E-state index contributed by atoms with van der Waals surface area (Å²) in [5.74, 6) is 0.147. The molecule has 1 aliphatic heterocycles. The van der Waals surface area contributed by atoms with Crippen LogP contribution in [0.1, 0.15) is 0 Å². The second-order valence-corrected chi connectivity index (χ2v) is 10.0. The lowest BCUT2D eigenvalue weighted by molar-refractivity contribution is -0.384. The van der Waals surface area contributed by atoms with E-state index in [2.05, 4.69) is 14.9 Å². The monoisotopic (exact) mass is 547 g/mol. The van der Waals surface area contributed by atoms with Crippen LogP contribution >= 0.6 is 11.8 Å². The van der Waals surface area contributed by atoms with Crippen molar-refractivity contribution in [1.82, 2.24) is 24.0 Å². The maximum Gasteiger partial charge on any atom is 0.332 e. The molecule has 200 valence electrons. The van der Waals surface area contributed by atoms with Gasteiger partial charge < -0.3 is 9.80 Å². The summed E-state index contributed by atoms with van der Waals surface area (Å²) in [7, 11) is 2.88. The molecular formula is C26H25N7O5S. The second kappa shape index (κ2) is 10.7. The fourth-order valence-electron chi connectivity index (χ4n) is 4.47. The number of para-hydroxylation sites is 1. The third kappa shape index (κ3) is 5.12. The molecule has 2 aromatic carbocycles. The van der Waals surface area contributed by atoms with E-state index in [9.17, 15) is 24.5 Å². The van der Waals surface area contributed by atoms with Crippen LogP contribution in [0.25, 0.3) is 22.4 Å². The quantitative estimate of drug-likeness (QED) is 0.154. The van der Waals surface area contributed by atoms with Gasteiger partial charge in [0.05, 0.1) is 10.7 Å². The van der Waals surface area contributed by atoms with Crippen molar-refractivity contribution in [2.24, 2.45) is 14.1 Å². The fourth-order valence-corrected chi connectivity index (χ4v) is 5.39. The van der Waals surface area contributed by atoms with Crippen LogP contribution in [-0.2, 0) is 18.9 Å². The Morgan fingerprint density at radius 3 is 2.26 bits per heavy atom. The Balaban J connectivity index is 1.43. The number of rotatable bonds is 6. The predicted octanol–water partition coefficient (Wildman–Crippen LogP) is 2.04. The van der Waals surface area contributed by atoms with Crippen LogP contribution in [0, 0.1) is 10.1 Å². The molecule has 1 saturated heterocycles. The Kier molecular flexibility index (Phi) is 7.15. The van der Waals surface area contributed by atoms with Crippen LogP contribution in [0.5, 0.6) is 0 Å². The van der Waals surface area contributed by atoms with Gasteiger partial charge in [-0.2, -0.15) is 0 Å². The van der Waals surface area contributed by atoms with E-state index in [-0.39, 0.29) is 39.2 Å². The number of fused-ring (bicyclic) bond motifs is 1. The largest absolute Gasteiger partial charge is 0.368 e. The van der Waals surface area contributed by atoms with Crippen LogP contribution in [0.4, 0.5) is 11.4 Å². The van der Waals surface area contributed by atoms with Gasteiger partial charge in [0.2, 0.25) is 5.91 Å². The molecule has 0 atom stereocenters. The molecule has 1 aliphatic rings. The van der Waals surface area contributed by atoms with Gasteiger partial charge in [-0.1, -0.05) is 30.0 Å². The molecule has 13 heteroatoms.